The Morgan fingerprint density at radius 3 is 1.05 bits per heavy atom. The fraction of sp³-hybridized carbons (Fsp3) is 0.750. The van der Waals surface area contributed by atoms with Gasteiger partial charge in [-0.05, 0) is 0 Å². The number of esters is 3. The molecular formula is C12H24O9. The topological polar surface area (TPSA) is 140 Å². The molecule has 0 atom stereocenters. The van der Waals surface area contributed by atoms with E-state index < -0.39 is 0 Å². The van der Waals surface area contributed by atoms with Crippen molar-refractivity contribution in [3.63, 3.8) is 0 Å². The highest BCUT2D eigenvalue weighted by molar-refractivity contribution is 5.66. The summed E-state index contributed by atoms with van der Waals surface area (Å²) >= 11 is 0. The van der Waals surface area contributed by atoms with Crippen LogP contribution in [-0.4, -0.2) is 72.9 Å². The van der Waals surface area contributed by atoms with Crippen LogP contribution in [0.1, 0.15) is 20.8 Å². The van der Waals surface area contributed by atoms with E-state index in [1.54, 1.807) is 0 Å². The molecule has 21 heavy (non-hydrogen) atoms. The second kappa shape index (κ2) is 20.6. The van der Waals surface area contributed by atoms with Gasteiger partial charge in [-0.15, -0.1) is 0 Å². The van der Waals surface area contributed by atoms with Crippen LogP contribution in [-0.2, 0) is 28.6 Å². The van der Waals surface area contributed by atoms with E-state index in [-0.39, 0.29) is 57.5 Å². The molecule has 9 nitrogen and oxygen atoms in total. The SMILES string of the molecule is CC(=O)OCCO.CC(=O)OCCOC(C)=O.OCCO. The van der Waals surface area contributed by atoms with Gasteiger partial charge in [0.05, 0.1) is 19.8 Å². The molecule has 0 saturated carbocycles. The smallest absolute Gasteiger partial charge is 0.302 e. The summed E-state index contributed by atoms with van der Waals surface area (Å²) in [6.07, 6.45) is 0. The first-order valence-corrected chi connectivity index (χ1v) is 6.04. The van der Waals surface area contributed by atoms with Crippen molar-refractivity contribution in [1.82, 2.24) is 0 Å². The Morgan fingerprint density at radius 1 is 0.619 bits per heavy atom. The molecule has 0 aliphatic carbocycles. The van der Waals surface area contributed by atoms with E-state index in [2.05, 4.69) is 14.2 Å². The highest BCUT2D eigenvalue weighted by Gasteiger charge is 1.94. The van der Waals surface area contributed by atoms with E-state index in [1.807, 2.05) is 0 Å². The second-order valence-electron chi connectivity index (χ2n) is 3.19. The van der Waals surface area contributed by atoms with Crippen LogP contribution in [0.4, 0.5) is 0 Å². The average molecular weight is 312 g/mol. The summed E-state index contributed by atoms with van der Waals surface area (Å²) in [6, 6.07) is 0. The second-order valence-corrected chi connectivity index (χ2v) is 3.19. The third kappa shape index (κ3) is 45.8. The molecule has 0 bridgehead atoms. The number of rotatable bonds is 6. The van der Waals surface area contributed by atoms with Gasteiger partial charge in [0.25, 0.3) is 0 Å². The Balaban J connectivity index is -0.000000256. The zero-order chi connectivity index (χ0) is 17.1. The molecule has 0 heterocycles. The average Bonchev–Trinajstić information content (AvgIpc) is 2.42. The van der Waals surface area contributed by atoms with Gasteiger partial charge in [0.15, 0.2) is 0 Å². The van der Waals surface area contributed by atoms with Crippen molar-refractivity contribution >= 4 is 17.9 Å². The summed E-state index contributed by atoms with van der Waals surface area (Å²) in [5.74, 6) is -1.09. The standard InChI is InChI=1S/C6H10O4.C4H8O3.C2H6O2/c1-5(7)9-3-4-10-6(2)8;1-4(6)7-3-2-5;3-1-2-4/h3-4H2,1-2H3;5H,2-3H2,1H3;3-4H,1-2H2. The summed E-state index contributed by atoms with van der Waals surface area (Å²) in [5, 5.41) is 23.3. The van der Waals surface area contributed by atoms with E-state index >= 15 is 0 Å². The molecule has 0 saturated heterocycles. The predicted molar refractivity (Wildman–Crippen MR) is 71.2 cm³/mol. The van der Waals surface area contributed by atoms with Crippen molar-refractivity contribution in [3.8, 4) is 0 Å². The van der Waals surface area contributed by atoms with Crippen LogP contribution >= 0.6 is 0 Å². The van der Waals surface area contributed by atoms with Crippen molar-refractivity contribution in [2.45, 2.75) is 20.8 Å². The first kappa shape index (κ1) is 24.3. The number of hydrogen-bond donors (Lipinski definition) is 3. The van der Waals surface area contributed by atoms with Gasteiger partial charge in [-0.25, -0.2) is 0 Å². The van der Waals surface area contributed by atoms with Crippen molar-refractivity contribution in [2.24, 2.45) is 0 Å². The zero-order valence-corrected chi connectivity index (χ0v) is 12.5. The van der Waals surface area contributed by atoms with E-state index in [0.29, 0.717) is 0 Å². The van der Waals surface area contributed by atoms with Gasteiger partial charge in [-0.3, -0.25) is 14.4 Å². The fourth-order valence-electron chi connectivity index (χ4n) is 0.560. The molecule has 0 aromatic heterocycles. The number of aliphatic hydroxyl groups excluding tert-OH is 3. The molecule has 0 aliphatic rings. The molecule has 3 N–H and O–H groups in total. The van der Waals surface area contributed by atoms with Crippen LogP contribution in [0.25, 0.3) is 0 Å². The molecule has 0 aliphatic heterocycles. The first-order chi connectivity index (χ1) is 9.81. The van der Waals surface area contributed by atoms with Crippen LogP contribution in [0.3, 0.4) is 0 Å². The zero-order valence-electron chi connectivity index (χ0n) is 12.5. The molecule has 0 spiro atoms. The Morgan fingerprint density at radius 2 is 0.905 bits per heavy atom. The number of carbonyl (C=O) groups is 3. The van der Waals surface area contributed by atoms with Gasteiger partial charge in [0.1, 0.15) is 19.8 Å². The highest BCUT2D eigenvalue weighted by atomic mass is 16.6. The van der Waals surface area contributed by atoms with Gasteiger partial charge in [-0.1, -0.05) is 0 Å². The quantitative estimate of drug-likeness (QED) is 0.307. The molecule has 126 valence electrons. The minimum atomic E-state index is -0.368. The lowest BCUT2D eigenvalue weighted by molar-refractivity contribution is -0.149. The van der Waals surface area contributed by atoms with Crippen LogP contribution in [0.5, 0.6) is 0 Å². The minimum Gasteiger partial charge on any atom is -0.463 e. The van der Waals surface area contributed by atoms with Gasteiger partial charge >= 0.3 is 17.9 Å². The summed E-state index contributed by atoms with van der Waals surface area (Å²) in [4.78, 5) is 30.1. The third-order valence-corrected chi connectivity index (χ3v) is 1.19. The fourth-order valence-corrected chi connectivity index (χ4v) is 0.560. The van der Waals surface area contributed by atoms with Gasteiger partial charge in [0, 0.05) is 20.8 Å². The summed E-state index contributed by atoms with van der Waals surface area (Å²) < 4.78 is 13.3. The number of hydrogen-bond acceptors (Lipinski definition) is 9. The molecule has 0 unspecified atom stereocenters. The summed E-state index contributed by atoms with van der Waals surface area (Å²) in [6.45, 7) is 3.93. The van der Waals surface area contributed by atoms with Crippen LogP contribution in [0.15, 0.2) is 0 Å². The lowest BCUT2D eigenvalue weighted by atomic mass is 10.7. The van der Waals surface area contributed by atoms with E-state index in [9.17, 15) is 14.4 Å². The number of carbonyl (C=O) groups excluding carboxylic acids is 3. The maximum Gasteiger partial charge on any atom is 0.302 e. The monoisotopic (exact) mass is 312 g/mol. The molecule has 0 fully saturated rings. The molecule has 0 aromatic rings. The van der Waals surface area contributed by atoms with Crippen molar-refractivity contribution in [1.29, 1.82) is 0 Å². The number of ether oxygens (including phenoxy) is 3. The Hall–Kier alpha value is -1.71. The maximum atomic E-state index is 10.1. The molecule has 0 rings (SSSR count). The lowest BCUT2D eigenvalue weighted by Crippen LogP contribution is -2.09. The lowest BCUT2D eigenvalue weighted by Gasteiger charge is -2.00. The Labute approximate surface area is 123 Å². The molecular weight excluding hydrogens is 288 g/mol. The van der Waals surface area contributed by atoms with Crippen LogP contribution in [0.2, 0.25) is 0 Å². The van der Waals surface area contributed by atoms with Gasteiger partial charge < -0.3 is 29.5 Å². The van der Waals surface area contributed by atoms with Crippen molar-refractivity contribution in [3.05, 3.63) is 0 Å². The molecule has 0 amide bonds. The Kier molecular flexibility index (Phi) is 23.9. The van der Waals surface area contributed by atoms with Crippen molar-refractivity contribution in [2.75, 3.05) is 39.6 Å². The number of aliphatic hydroxyl groups is 3. The van der Waals surface area contributed by atoms with E-state index in [4.69, 9.17) is 15.3 Å². The Bertz CT molecular complexity index is 247. The maximum absolute atomic E-state index is 10.1. The largest absolute Gasteiger partial charge is 0.463 e. The highest BCUT2D eigenvalue weighted by Crippen LogP contribution is 1.79. The molecule has 0 radical (unpaired) electrons. The van der Waals surface area contributed by atoms with E-state index in [0.717, 1.165) is 0 Å². The normalized spacial score (nSPS) is 8.29. The van der Waals surface area contributed by atoms with Gasteiger partial charge in [-0.2, -0.15) is 0 Å². The summed E-state index contributed by atoms with van der Waals surface area (Å²) in [7, 11) is 0. The third-order valence-electron chi connectivity index (χ3n) is 1.19. The predicted octanol–water partition coefficient (Wildman–Crippen LogP) is -1.37. The van der Waals surface area contributed by atoms with Crippen molar-refractivity contribution < 1.29 is 43.9 Å². The molecule has 9 heteroatoms. The minimum absolute atomic E-state index is 0.0976. The van der Waals surface area contributed by atoms with Gasteiger partial charge in [0.2, 0.25) is 0 Å². The summed E-state index contributed by atoms with van der Waals surface area (Å²) in [5.41, 5.74) is 0. The van der Waals surface area contributed by atoms with Crippen LogP contribution in [0, 0.1) is 0 Å². The van der Waals surface area contributed by atoms with E-state index in [1.165, 1.54) is 20.8 Å². The molecule has 0 aromatic carbocycles. The first-order valence-electron chi connectivity index (χ1n) is 6.04. The van der Waals surface area contributed by atoms with Crippen LogP contribution < -0.4 is 0 Å².